The predicted molar refractivity (Wildman–Crippen MR) is 123 cm³/mol. The lowest BCUT2D eigenvalue weighted by Crippen LogP contribution is -2.34. The Morgan fingerprint density at radius 1 is 1.06 bits per heavy atom. The monoisotopic (exact) mass is 424 g/mol. The van der Waals surface area contributed by atoms with Crippen LogP contribution in [0.15, 0.2) is 24.3 Å². The lowest BCUT2D eigenvalue weighted by atomic mass is 9.91. The average Bonchev–Trinajstić information content (AvgIpc) is 3.31. The molecule has 6 nitrogen and oxygen atoms in total. The molecule has 0 bridgehead atoms. The molecule has 2 saturated heterocycles. The molecule has 0 aliphatic carbocycles. The number of benzene rings is 1. The summed E-state index contributed by atoms with van der Waals surface area (Å²) >= 11 is 0. The van der Waals surface area contributed by atoms with Crippen LogP contribution in [-0.4, -0.2) is 52.8 Å². The molecule has 168 valence electrons. The first-order chi connectivity index (χ1) is 15.1. The number of aliphatic hydroxyl groups is 1. The number of hydrogen-bond donors (Lipinski definition) is 1. The molecule has 2 aromatic rings. The molecule has 2 aliphatic rings. The Hall–Kier alpha value is -2.18. The number of hydrogen-bond acceptors (Lipinski definition) is 6. The van der Waals surface area contributed by atoms with Crippen LogP contribution in [0.4, 0.5) is 5.82 Å². The maximum absolute atomic E-state index is 9.65. The van der Waals surface area contributed by atoms with Gasteiger partial charge in [0.05, 0.1) is 13.2 Å². The summed E-state index contributed by atoms with van der Waals surface area (Å²) in [4.78, 5) is 14.3. The van der Waals surface area contributed by atoms with Crippen LogP contribution in [0.2, 0.25) is 0 Å². The van der Waals surface area contributed by atoms with Gasteiger partial charge in [-0.1, -0.05) is 6.07 Å². The van der Waals surface area contributed by atoms with Gasteiger partial charge < -0.3 is 14.7 Å². The van der Waals surface area contributed by atoms with E-state index in [1.54, 1.807) is 0 Å². The number of aromatic nitrogens is 2. The van der Waals surface area contributed by atoms with Crippen molar-refractivity contribution in [2.24, 2.45) is 5.92 Å². The molecule has 2 aliphatic heterocycles. The maximum Gasteiger partial charge on any atom is 0.132 e. The molecule has 1 N–H and O–H groups in total. The highest BCUT2D eigenvalue weighted by atomic mass is 16.5. The third-order valence-electron chi connectivity index (χ3n) is 6.51. The van der Waals surface area contributed by atoms with Gasteiger partial charge in [-0.3, -0.25) is 4.90 Å². The standard InChI is InChI=1S/C25H36N4O2/c1-3-31-24-7-6-21(14-22(24)18-30)17-28-12-8-20(9-13-28)15-23-16-25(27-19(2)26-23)29-10-4-5-11-29/h6-7,14,16,20,30H,3-5,8-13,15,17-18H2,1-2H3. The zero-order valence-electron chi connectivity index (χ0n) is 19.0. The molecule has 3 heterocycles. The third kappa shape index (κ3) is 5.74. The fourth-order valence-electron chi connectivity index (χ4n) is 4.88. The van der Waals surface area contributed by atoms with Crippen molar-refractivity contribution < 1.29 is 9.84 Å². The van der Waals surface area contributed by atoms with Crippen molar-refractivity contribution in [1.29, 1.82) is 0 Å². The molecule has 1 aromatic heterocycles. The highest BCUT2D eigenvalue weighted by Gasteiger charge is 2.22. The van der Waals surface area contributed by atoms with Crippen LogP contribution >= 0.6 is 0 Å². The lowest BCUT2D eigenvalue weighted by Gasteiger charge is -2.32. The number of rotatable bonds is 8. The Balaban J connectivity index is 1.31. The minimum atomic E-state index is 0.0169. The summed E-state index contributed by atoms with van der Waals surface area (Å²) in [5, 5.41) is 9.65. The van der Waals surface area contributed by atoms with Crippen molar-refractivity contribution in [2.45, 2.75) is 59.1 Å². The first kappa shape index (κ1) is 22.0. The Morgan fingerprint density at radius 3 is 2.55 bits per heavy atom. The summed E-state index contributed by atoms with van der Waals surface area (Å²) in [6, 6.07) is 8.42. The first-order valence-corrected chi connectivity index (χ1v) is 11.8. The van der Waals surface area contributed by atoms with Gasteiger partial charge >= 0.3 is 0 Å². The highest BCUT2D eigenvalue weighted by Crippen LogP contribution is 2.26. The number of piperidine rings is 1. The van der Waals surface area contributed by atoms with E-state index in [1.165, 1.54) is 36.9 Å². The van der Waals surface area contributed by atoms with Crippen molar-refractivity contribution in [2.75, 3.05) is 37.7 Å². The Morgan fingerprint density at radius 2 is 1.84 bits per heavy atom. The third-order valence-corrected chi connectivity index (χ3v) is 6.51. The number of nitrogens with zero attached hydrogens (tertiary/aromatic N) is 4. The Labute approximate surface area is 186 Å². The van der Waals surface area contributed by atoms with Gasteiger partial charge in [0.1, 0.15) is 17.4 Å². The number of anilines is 1. The zero-order valence-corrected chi connectivity index (χ0v) is 19.0. The molecule has 6 heteroatoms. The second-order valence-corrected chi connectivity index (χ2v) is 8.92. The van der Waals surface area contributed by atoms with E-state index in [2.05, 4.69) is 33.0 Å². The van der Waals surface area contributed by atoms with E-state index in [4.69, 9.17) is 9.72 Å². The number of aryl methyl sites for hydroxylation is 1. The van der Waals surface area contributed by atoms with E-state index in [0.717, 1.165) is 62.1 Å². The molecular formula is C25H36N4O2. The molecule has 0 unspecified atom stereocenters. The van der Waals surface area contributed by atoms with Gasteiger partial charge in [0.2, 0.25) is 0 Å². The molecule has 0 radical (unpaired) electrons. The summed E-state index contributed by atoms with van der Waals surface area (Å²) < 4.78 is 5.61. The molecule has 0 atom stereocenters. The summed E-state index contributed by atoms with van der Waals surface area (Å²) in [6.07, 6.45) is 5.99. The minimum absolute atomic E-state index is 0.0169. The van der Waals surface area contributed by atoms with Gasteiger partial charge in [0.15, 0.2) is 0 Å². The SMILES string of the molecule is CCOc1ccc(CN2CCC(Cc3cc(N4CCCC4)nc(C)n3)CC2)cc1CO. The van der Waals surface area contributed by atoms with Gasteiger partial charge in [-0.25, -0.2) is 9.97 Å². The molecule has 0 amide bonds. The van der Waals surface area contributed by atoms with Crippen LogP contribution in [0, 0.1) is 12.8 Å². The normalized spacial score (nSPS) is 18.0. The second-order valence-electron chi connectivity index (χ2n) is 8.92. The largest absolute Gasteiger partial charge is 0.494 e. The summed E-state index contributed by atoms with van der Waals surface area (Å²) in [5.41, 5.74) is 3.32. The van der Waals surface area contributed by atoms with Crippen LogP contribution in [0.1, 0.15) is 55.3 Å². The van der Waals surface area contributed by atoms with E-state index >= 15 is 0 Å². The first-order valence-electron chi connectivity index (χ1n) is 11.8. The van der Waals surface area contributed by atoms with E-state index in [-0.39, 0.29) is 6.61 Å². The van der Waals surface area contributed by atoms with Gasteiger partial charge in [0, 0.05) is 37.0 Å². The fourth-order valence-corrected chi connectivity index (χ4v) is 4.88. The van der Waals surface area contributed by atoms with E-state index in [9.17, 15) is 5.11 Å². The maximum atomic E-state index is 9.65. The Bertz CT molecular complexity index is 859. The number of ether oxygens (including phenoxy) is 1. The number of likely N-dealkylation sites (tertiary alicyclic amines) is 1. The van der Waals surface area contributed by atoms with E-state index in [1.807, 2.05) is 19.9 Å². The van der Waals surface area contributed by atoms with Crippen LogP contribution in [0.5, 0.6) is 5.75 Å². The predicted octanol–water partition coefficient (Wildman–Crippen LogP) is 3.73. The molecule has 0 spiro atoms. The van der Waals surface area contributed by atoms with E-state index < -0.39 is 0 Å². The van der Waals surface area contributed by atoms with Gasteiger partial charge in [-0.05, 0) is 82.7 Å². The summed E-state index contributed by atoms with van der Waals surface area (Å²) in [7, 11) is 0. The van der Waals surface area contributed by atoms with Crippen molar-refractivity contribution >= 4 is 5.82 Å². The topological polar surface area (TPSA) is 61.7 Å². The van der Waals surface area contributed by atoms with Crippen molar-refractivity contribution in [3.05, 3.63) is 46.9 Å². The number of aliphatic hydroxyl groups excluding tert-OH is 1. The van der Waals surface area contributed by atoms with Gasteiger partial charge in [-0.2, -0.15) is 0 Å². The second kappa shape index (κ2) is 10.4. The molecule has 0 saturated carbocycles. The van der Waals surface area contributed by atoms with Crippen molar-refractivity contribution in [3.8, 4) is 5.75 Å². The highest BCUT2D eigenvalue weighted by molar-refractivity contribution is 5.41. The molecule has 2 fully saturated rings. The van der Waals surface area contributed by atoms with Crippen molar-refractivity contribution in [3.63, 3.8) is 0 Å². The summed E-state index contributed by atoms with van der Waals surface area (Å²) in [5.74, 6) is 3.49. The van der Waals surface area contributed by atoms with Crippen LogP contribution in [-0.2, 0) is 19.6 Å². The molecular weight excluding hydrogens is 388 g/mol. The van der Waals surface area contributed by atoms with Crippen LogP contribution in [0.3, 0.4) is 0 Å². The zero-order chi connectivity index (χ0) is 21.6. The minimum Gasteiger partial charge on any atom is -0.494 e. The fraction of sp³-hybridized carbons (Fsp3) is 0.600. The summed E-state index contributed by atoms with van der Waals surface area (Å²) in [6.45, 7) is 10.0. The Kier molecular flexibility index (Phi) is 7.41. The molecule has 31 heavy (non-hydrogen) atoms. The molecule has 4 rings (SSSR count). The van der Waals surface area contributed by atoms with Crippen molar-refractivity contribution in [1.82, 2.24) is 14.9 Å². The van der Waals surface area contributed by atoms with Gasteiger partial charge in [0.25, 0.3) is 0 Å². The molecule has 1 aromatic carbocycles. The van der Waals surface area contributed by atoms with Crippen LogP contribution < -0.4 is 9.64 Å². The lowest BCUT2D eigenvalue weighted by molar-refractivity contribution is 0.176. The van der Waals surface area contributed by atoms with Gasteiger partial charge in [-0.15, -0.1) is 0 Å². The smallest absolute Gasteiger partial charge is 0.132 e. The average molecular weight is 425 g/mol. The van der Waals surface area contributed by atoms with E-state index in [0.29, 0.717) is 12.5 Å². The quantitative estimate of drug-likeness (QED) is 0.697. The van der Waals surface area contributed by atoms with Crippen LogP contribution in [0.25, 0.3) is 0 Å².